The Bertz CT molecular complexity index is 885. The van der Waals surface area contributed by atoms with Gasteiger partial charge in [-0.2, -0.15) is 0 Å². The number of carbonyl (C=O) groups is 2. The van der Waals surface area contributed by atoms with Gasteiger partial charge in [0.25, 0.3) is 0 Å². The van der Waals surface area contributed by atoms with Gasteiger partial charge < -0.3 is 19.3 Å². The van der Waals surface area contributed by atoms with Gasteiger partial charge in [-0.05, 0) is 32.1 Å². The third-order valence-corrected chi connectivity index (χ3v) is 5.02. The number of carbonyl (C=O) groups excluding carboxylic acids is 2. The van der Waals surface area contributed by atoms with Crippen LogP contribution in [0.25, 0.3) is 6.08 Å². The van der Waals surface area contributed by atoms with Crippen molar-refractivity contribution in [3.05, 3.63) is 39.5 Å². The molecule has 1 heterocycles. The molecule has 2 rings (SSSR count). The van der Waals surface area contributed by atoms with Crippen molar-refractivity contribution < 1.29 is 28.9 Å². The van der Waals surface area contributed by atoms with Crippen molar-refractivity contribution in [1.29, 1.82) is 0 Å². The minimum Gasteiger partial charge on any atom is -0.506 e. The van der Waals surface area contributed by atoms with Crippen molar-refractivity contribution >= 4 is 34.8 Å². The number of aliphatic imine (C=N–C) groups is 1. The van der Waals surface area contributed by atoms with E-state index in [1.54, 1.807) is 39.2 Å². The van der Waals surface area contributed by atoms with E-state index < -0.39 is 11.9 Å². The highest BCUT2D eigenvalue weighted by Crippen LogP contribution is 2.41. The molecule has 0 saturated heterocycles. The maximum absolute atomic E-state index is 12.3. The van der Waals surface area contributed by atoms with E-state index >= 15 is 0 Å². The van der Waals surface area contributed by atoms with Gasteiger partial charge >= 0.3 is 5.97 Å². The van der Waals surface area contributed by atoms with E-state index in [0.717, 1.165) is 17.3 Å². The topological polar surface area (TPSA) is 94.4 Å². The quantitative estimate of drug-likeness (QED) is 0.719. The van der Waals surface area contributed by atoms with Crippen LogP contribution in [0, 0.1) is 6.92 Å². The molecule has 0 aliphatic carbocycles. The van der Waals surface area contributed by atoms with Gasteiger partial charge in [0.1, 0.15) is 27.9 Å². The second-order valence-electron chi connectivity index (χ2n) is 5.73. The zero-order valence-corrected chi connectivity index (χ0v) is 17.3. The standard InChI is InChI=1S/C20H23NO6S/c1-6-15(22)21-19-16(20(24)27-7-2)17(23)14(28-19)10-12-8-9-13(25-4)11(3)18(12)26-5/h8-10,23H,6-7H2,1-5H3/b14-10-,21-19?. The molecule has 0 bridgehead atoms. The monoisotopic (exact) mass is 405 g/mol. The van der Waals surface area contributed by atoms with Crippen LogP contribution in [0.5, 0.6) is 11.5 Å². The number of nitrogens with zero attached hydrogens (tertiary/aromatic N) is 1. The molecule has 28 heavy (non-hydrogen) atoms. The van der Waals surface area contributed by atoms with E-state index in [1.165, 1.54) is 7.11 Å². The molecule has 0 radical (unpaired) electrons. The van der Waals surface area contributed by atoms with Crippen molar-refractivity contribution in [3.8, 4) is 11.5 Å². The molecule has 1 aliphatic heterocycles. The Hall–Kier alpha value is -2.74. The van der Waals surface area contributed by atoms with E-state index in [4.69, 9.17) is 14.2 Å². The summed E-state index contributed by atoms with van der Waals surface area (Å²) in [5, 5.41) is 10.8. The highest BCUT2D eigenvalue weighted by Gasteiger charge is 2.34. The molecule has 0 fully saturated rings. The van der Waals surface area contributed by atoms with Crippen molar-refractivity contribution in [2.45, 2.75) is 27.2 Å². The number of methoxy groups -OCH3 is 2. The average molecular weight is 405 g/mol. The first-order valence-electron chi connectivity index (χ1n) is 8.71. The zero-order valence-electron chi connectivity index (χ0n) is 16.5. The number of hydrogen-bond acceptors (Lipinski definition) is 7. The average Bonchev–Trinajstić information content (AvgIpc) is 2.97. The van der Waals surface area contributed by atoms with Crippen molar-refractivity contribution in [2.24, 2.45) is 4.99 Å². The number of amides is 1. The summed E-state index contributed by atoms with van der Waals surface area (Å²) < 4.78 is 15.8. The number of rotatable bonds is 6. The molecule has 1 aromatic rings. The number of hydrogen-bond donors (Lipinski definition) is 1. The number of thioether (sulfide) groups is 1. The van der Waals surface area contributed by atoms with Crippen molar-refractivity contribution in [3.63, 3.8) is 0 Å². The number of aliphatic hydroxyl groups excluding tert-OH is 1. The smallest absolute Gasteiger partial charge is 0.344 e. The molecular formula is C20H23NO6S. The molecule has 1 N–H and O–H groups in total. The molecule has 8 heteroatoms. The molecule has 7 nitrogen and oxygen atoms in total. The van der Waals surface area contributed by atoms with Crippen LogP contribution in [0.2, 0.25) is 0 Å². The summed E-state index contributed by atoms with van der Waals surface area (Å²) in [6.07, 6.45) is 1.86. The van der Waals surface area contributed by atoms with Gasteiger partial charge in [0, 0.05) is 17.5 Å². The Labute approximate surface area is 168 Å². The van der Waals surface area contributed by atoms with Crippen LogP contribution in [0.15, 0.2) is 33.4 Å². The van der Waals surface area contributed by atoms with Gasteiger partial charge in [-0.25, -0.2) is 9.79 Å². The first-order chi connectivity index (χ1) is 13.4. The van der Waals surface area contributed by atoms with Crippen LogP contribution in [0.1, 0.15) is 31.4 Å². The fraction of sp³-hybridized carbons (Fsp3) is 0.350. The van der Waals surface area contributed by atoms with Gasteiger partial charge in [-0.15, -0.1) is 0 Å². The maximum Gasteiger partial charge on any atom is 0.344 e. The molecule has 150 valence electrons. The van der Waals surface area contributed by atoms with Gasteiger partial charge in [-0.1, -0.05) is 18.7 Å². The van der Waals surface area contributed by atoms with Gasteiger partial charge in [0.05, 0.1) is 25.7 Å². The maximum atomic E-state index is 12.3. The molecule has 1 aliphatic rings. The van der Waals surface area contributed by atoms with Crippen LogP contribution >= 0.6 is 11.8 Å². The lowest BCUT2D eigenvalue weighted by atomic mass is 10.1. The van der Waals surface area contributed by atoms with Crippen molar-refractivity contribution in [2.75, 3.05) is 20.8 Å². The van der Waals surface area contributed by atoms with Gasteiger partial charge in [0.15, 0.2) is 0 Å². The SMILES string of the molecule is CCOC(=O)C1=C(O)/C(=C/c2ccc(OC)c(C)c2OC)SC1=NC(=O)CC. The van der Waals surface area contributed by atoms with Gasteiger partial charge in [-0.3, -0.25) is 4.79 Å². The molecule has 1 amide bonds. The largest absolute Gasteiger partial charge is 0.506 e. The molecule has 0 saturated carbocycles. The summed E-state index contributed by atoms with van der Waals surface area (Å²) >= 11 is 1.03. The summed E-state index contributed by atoms with van der Waals surface area (Å²) in [5.41, 5.74) is 1.37. The Morgan fingerprint density at radius 3 is 2.50 bits per heavy atom. The summed E-state index contributed by atoms with van der Waals surface area (Å²) in [7, 11) is 3.11. The van der Waals surface area contributed by atoms with Crippen LogP contribution in [0.4, 0.5) is 0 Å². The third kappa shape index (κ3) is 4.39. The zero-order chi connectivity index (χ0) is 20.8. The minimum absolute atomic E-state index is 0.107. The first-order valence-corrected chi connectivity index (χ1v) is 9.53. The number of aliphatic hydroxyl groups is 1. The number of benzene rings is 1. The number of esters is 1. The fourth-order valence-corrected chi connectivity index (χ4v) is 3.65. The number of ether oxygens (including phenoxy) is 3. The summed E-state index contributed by atoms with van der Waals surface area (Å²) in [4.78, 5) is 28.4. The minimum atomic E-state index is -0.726. The van der Waals surface area contributed by atoms with E-state index in [1.807, 2.05) is 6.92 Å². The molecular weight excluding hydrogens is 382 g/mol. The van der Waals surface area contributed by atoms with Gasteiger partial charge in [0.2, 0.25) is 5.91 Å². The molecule has 0 atom stereocenters. The predicted molar refractivity (Wildman–Crippen MR) is 109 cm³/mol. The van der Waals surface area contributed by atoms with Crippen LogP contribution in [0.3, 0.4) is 0 Å². The molecule has 0 unspecified atom stereocenters. The fourth-order valence-electron chi connectivity index (χ4n) is 2.63. The Kier molecular flexibility index (Phi) is 7.28. The highest BCUT2D eigenvalue weighted by atomic mass is 32.2. The first kappa shape index (κ1) is 21.6. The predicted octanol–water partition coefficient (Wildman–Crippen LogP) is 3.81. The van der Waals surface area contributed by atoms with Crippen molar-refractivity contribution in [1.82, 2.24) is 0 Å². The van der Waals surface area contributed by atoms with E-state index in [2.05, 4.69) is 4.99 Å². The third-order valence-electron chi connectivity index (χ3n) is 4.00. The lowest BCUT2D eigenvalue weighted by molar-refractivity contribution is -0.138. The second kappa shape index (κ2) is 9.45. The Morgan fingerprint density at radius 1 is 1.21 bits per heavy atom. The van der Waals surface area contributed by atoms with Crippen LogP contribution < -0.4 is 9.47 Å². The lowest BCUT2D eigenvalue weighted by Crippen LogP contribution is -2.14. The normalized spacial score (nSPS) is 16.6. The van der Waals surface area contributed by atoms with E-state index in [9.17, 15) is 14.7 Å². The Morgan fingerprint density at radius 2 is 1.93 bits per heavy atom. The van der Waals surface area contributed by atoms with Crippen LogP contribution in [-0.2, 0) is 14.3 Å². The highest BCUT2D eigenvalue weighted by molar-refractivity contribution is 8.18. The lowest BCUT2D eigenvalue weighted by Gasteiger charge is -2.12. The summed E-state index contributed by atoms with van der Waals surface area (Å²) in [6.45, 7) is 5.32. The Balaban J connectivity index is 2.57. The molecule has 0 spiro atoms. The summed E-state index contributed by atoms with van der Waals surface area (Å²) in [6, 6.07) is 3.56. The molecule has 0 aromatic heterocycles. The second-order valence-corrected chi connectivity index (χ2v) is 6.76. The van der Waals surface area contributed by atoms with Crippen LogP contribution in [-0.4, -0.2) is 42.9 Å². The molecule has 1 aromatic carbocycles. The van der Waals surface area contributed by atoms with E-state index in [0.29, 0.717) is 22.0 Å². The summed E-state index contributed by atoms with van der Waals surface area (Å²) in [5.74, 6) is -0.150. The van der Waals surface area contributed by atoms with E-state index in [-0.39, 0.29) is 29.4 Å².